The molecule has 5 aliphatic rings. The minimum atomic E-state index is -1.75. The Labute approximate surface area is 228 Å². The monoisotopic (exact) mass is 558 g/mol. The van der Waals surface area contributed by atoms with E-state index in [0.717, 1.165) is 24.2 Å². The van der Waals surface area contributed by atoms with Crippen LogP contribution in [0.2, 0.25) is 0 Å². The van der Waals surface area contributed by atoms with E-state index in [1.54, 1.807) is 0 Å². The fraction of sp³-hybridized carbons (Fsp3) is 1.00. The predicted octanol–water partition coefficient (Wildman–Crippen LogP) is 8.53. The van der Waals surface area contributed by atoms with Crippen LogP contribution in [0.5, 0.6) is 0 Å². The molecule has 2 aliphatic heterocycles. The summed E-state index contributed by atoms with van der Waals surface area (Å²) in [6.45, 7) is 12.1. The van der Waals surface area contributed by atoms with Crippen LogP contribution in [0.25, 0.3) is 0 Å². The summed E-state index contributed by atoms with van der Waals surface area (Å²) in [5.41, 5.74) is 0.323. The minimum Gasteiger partial charge on any atom is -0.328 e. The van der Waals surface area contributed by atoms with Crippen molar-refractivity contribution in [3.8, 4) is 0 Å². The Hall–Kier alpha value is 0.620. The molecule has 214 valence electrons. The SMILES string of the molecule is CC(C)(C1CCCCC1)C1CCC(OP2OCC3(COP(O)OC3)CO2)C(C(C)(C)C2CCCCC2)C1. The van der Waals surface area contributed by atoms with Gasteiger partial charge in [-0.1, -0.05) is 66.2 Å². The fourth-order valence-corrected chi connectivity index (χ4v) is 10.6. The van der Waals surface area contributed by atoms with E-state index in [2.05, 4.69) is 27.7 Å². The summed E-state index contributed by atoms with van der Waals surface area (Å²) in [7, 11) is -3.12. The molecule has 0 aromatic rings. The molecule has 3 saturated carbocycles. The summed E-state index contributed by atoms with van der Waals surface area (Å²) in [5.74, 6) is 2.94. The molecular weight excluding hydrogens is 506 g/mol. The van der Waals surface area contributed by atoms with Gasteiger partial charge < -0.3 is 27.5 Å². The number of rotatable bonds is 6. The summed E-state index contributed by atoms with van der Waals surface area (Å²) >= 11 is 0. The van der Waals surface area contributed by atoms with Crippen LogP contribution in [0.1, 0.15) is 111 Å². The van der Waals surface area contributed by atoms with Crippen molar-refractivity contribution >= 4 is 17.2 Å². The van der Waals surface area contributed by atoms with Gasteiger partial charge in [-0.15, -0.1) is 0 Å². The van der Waals surface area contributed by atoms with Crippen LogP contribution >= 0.6 is 17.2 Å². The summed E-state index contributed by atoms with van der Waals surface area (Å²) < 4.78 is 29.9. The second-order valence-corrected chi connectivity index (χ2v) is 16.3. The lowest BCUT2D eigenvalue weighted by Gasteiger charge is -2.53. The molecule has 0 amide bonds. The molecule has 3 aliphatic carbocycles. The van der Waals surface area contributed by atoms with Gasteiger partial charge in [-0.05, 0) is 79.4 Å². The summed E-state index contributed by atoms with van der Waals surface area (Å²) in [6.07, 6.45) is 17.8. The van der Waals surface area contributed by atoms with Gasteiger partial charge in [-0.25, -0.2) is 0 Å². The highest BCUT2D eigenvalue weighted by molar-refractivity contribution is 7.41. The van der Waals surface area contributed by atoms with Crippen molar-refractivity contribution in [1.82, 2.24) is 0 Å². The quantitative estimate of drug-likeness (QED) is 0.330. The second-order valence-electron chi connectivity index (χ2n) is 14.1. The maximum atomic E-state index is 9.58. The standard InChI is InChI=1S/C29H52O6P2/c1-27(2,22-11-7-5-8-12-22)24-15-16-26(25(17-24)28(3,4)23-13-9-6-10-14-23)35-37-33-20-29(21-34-37)18-31-36(30)32-19-29/h22-26,30H,5-21H2,1-4H3. The van der Waals surface area contributed by atoms with Crippen LogP contribution < -0.4 is 0 Å². The zero-order chi connectivity index (χ0) is 26.1. The van der Waals surface area contributed by atoms with Gasteiger partial charge in [-0.3, -0.25) is 0 Å². The van der Waals surface area contributed by atoms with Gasteiger partial charge in [0.15, 0.2) is 0 Å². The van der Waals surface area contributed by atoms with Gasteiger partial charge in [0, 0.05) is 0 Å². The lowest BCUT2D eigenvalue weighted by Crippen LogP contribution is -2.48. The van der Waals surface area contributed by atoms with Crippen LogP contribution in [-0.4, -0.2) is 37.4 Å². The predicted molar refractivity (Wildman–Crippen MR) is 149 cm³/mol. The molecule has 3 unspecified atom stereocenters. The van der Waals surface area contributed by atoms with E-state index in [-0.39, 0.29) is 16.9 Å². The third-order valence-corrected chi connectivity index (χ3v) is 13.1. The first-order valence-electron chi connectivity index (χ1n) is 15.2. The van der Waals surface area contributed by atoms with Crippen LogP contribution in [-0.2, 0) is 22.6 Å². The Bertz CT molecular complexity index is 718. The van der Waals surface area contributed by atoms with Crippen LogP contribution in [0.3, 0.4) is 0 Å². The van der Waals surface area contributed by atoms with Crippen molar-refractivity contribution < 1.29 is 27.5 Å². The average molecular weight is 559 g/mol. The minimum absolute atomic E-state index is 0.194. The van der Waals surface area contributed by atoms with E-state index in [1.807, 2.05) is 0 Å². The van der Waals surface area contributed by atoms with E-state index in [1.165, 1.54) is 77.0 Å². The van der Waals surface area contributed by atoms with Gasteiger partial charge in [0.05, 0.1) is 37.9 Å². The topological polar surface area (TPSA) is 66.4 Å². The number of hydrogen-bond donors (Lipinski definition) is 1. The molecule has 0 bridgehead atoms. The lowest BCUT2D eigenvalue weighted by atomic mass is 9.54. The van der Waals surface area contributed by atoms with Gasteiger partial charge >= 0.3 is 17.2 Å². The molecule has 1 N–H and O–H groups in total. The smallest absolute Gasteiger partial charge is 0.328 e. The van der Waals surface area contributed by atoms with E-state index in [0.29, 0.717) is 37.8 Å². The zero-order valence-corrected chi connectivity index (χ0v) is 25.6. The van der Waals surface area contributed by atoms with E-state index in [4.69, 9.17) is 22.6 Å². The van der Waals surface area contributed by atoms with Crippen molar-refractivity contribution in [2.75, 3.05) is 26.4 Å². The summed E-state index contributed by atoms with van der Waals surface area (Å²) in [4.78, 5) is 9.58. The Kier molecular flexibility index (Phi) is 9.63. The van der Waals surface area contributed by atoms with Crippen molar-refractivity contribution in [1.29, 1.82) is 0 Å². The molecule has 8 heteroatoms. The Morgan fingerprint density at radius 3 is 1.73 bits per heavy atom. The Morgan fingerprint density at radius 1 is 0.649 bits per heavy atom. The van der Waals surface area contributed by atoms with Gasteiger partial charge in [0.2, 0.25) is 0 Å². The van der Waals surface area contributed by atoms with Gasteiger partial charge in [0.25, 0.3) is 0 Å². The molecule has 1 spiro atoms. The normalized spacial score (nSPS) is 39.6. The van der Waals surface area contributed by atoms with Crippen LogP contribution in [0.4, 0.5) is 0 Å². The van der Waals surface area contributed by atoms with E-state index >= 15 is 0 Å². The highest BCUT2D eigenvalue weighted by Crippen LogP contribution is 2.59. The lowest BCUT2D eigenvalue weighted by molar-refractivity contribution is -0.0984. The number of hydrogen-bond acceptors (Lipinski definition) is 6. The molecule has 5 rings (SSSR count). The van der Waals surface area contributed by atoms with Gasteiger partial charge in [0.1, 0.15) is 0 Å². The first-order chi connectivity index (χ1) is 17.7. The maximum Gasteiger partial charge on any atom is 0.332 e. The molecule has 0 radical (unpaired) electrons. The highest BCUT2D eigenvalue weighted by Gasteiger charge is 2.51. The van der Waals surface area contributed by atoms with E-state index in [9.17, 15) is 4.89 Å². The Morgan fingerprint density at radius 2 is 1.16 bits per heavy atom. The molecule has 2 saturated heterocycles. The summed E-state index contributed by atoms with van der Waals surface area (Å²) in [5, 5.41) is 0. The van der Waals surface area contributed by atoms with Crippen molar-refractivity contribution in [2.45, 2.75) is 117 Å². The van der Waals surface area contributed by atoms with Crippen LogP contribution in [0, 0.1) is 39.9 Å². The largest absolute Gasteiger partial charge is 0.332 e. The average Bonchev–Trinajstić information content (AvgIpc) is 2.93. The molecule has 0 aromatic heterocycles. The first-order valence-corrected chi connectivity index (χ1v) is 17.4. The molecule has 0 aromatic carbocycles. The molecule has 3 atom stereocenters. The van der Waals surface area contributed by atoms with E-state index < -0.39 is 17.2 Å². The van der Waals surface area contributed by atoms with Crippen molar-refractivity contribution in [2.24, 2.45) is 39.9 Å². The molecule has 37 heavy (non-hydrogen) atoms. The fourth-order valence-electron chi connectivity index (χ4n) is 8.32. The van der Waals surface area contributed by atoms with Crippen molar-refractivity contribution in [3.05, 3.63) is 0 Å². The molecular formula is C29H52O6P2. The third-order valence-electron chi connectivity index (χ3n) is 11.2. The molecule has 2 heterocycles. The third kappa shape index (κ3) is 6.59. The maximum absolute atomic E-state index is 9.58. The first kappa shape index (κ1) is 29.1. The van der Waals surface area contributed by atoms with Crippen LogP contribution in [0.15, 0.2) is 0 Å². The highest BCUT2D eigenvalue weighted by atomic mass is 31.2. The van der Waals surface area contributed by atoms with Crippen molar-refractivity contribution in [3.63, 3.8) is 0 Å². The summed E-state index contributed by atoms with van der Waals surface area (Å²) in [6, 6.07) is 0. The zero-order valence-electron chi connectivity index (χ0n) is 23.8. The Balaban J connectivity index is 1.27. The second kappa shape index (κ2) is 12.2. The molecule has 6 nitrogen and oxygen atoms in total. The van der Waals surface area contributed by atoms with Gasteiger partial charge in [-0.2, -0.15) is 0 Å². The molecule has 5 fully saturated rings.